The lowest BCUT2D eigenvalue weighted by Gasteiger charge is -2.24. The van der Waals surface area contributed by atoms with E-state index in [0.717, 1.165) is 16.5 Å². The van der Waals surface area contributed by atoms with Gasteiger partial charge in [0.25, 0.3) is 5.91 Å². The van der Waals surface area contributed by atoms with Gasteiger partial charge in [0.05, 0.1) is 17.4 Å². The summed E-state index contributed by atoms with van der Waals surface area (Å²) in [5.41, 5.74) is 3.34. The Morgan fingerprint density at radius 2 is 1.81 bits per heavy atom. The van der Waals surface area contributed by atoms with Gasteiger partial charge in [0.15, 0.2) is 0 Å². The third-order valence-electron chi connectivity index (χ3n) is 4.60. The molecule has 0 bridgehead atoms. The Hall–Kier alpha value is -3.47. The van der Waals surface area contributed by atoms with Crippen molar-refractivity contribution in [3.05, 3.63) is 78.5 Å². The Morgan fingerprint density at radius 1 is 1.12 bits per heavy atom. The molecule has 1 aliphatic heterocycles. The van der Waals surface area contributed by atoms with E-state index in [-0.39, 0.29) is 11.8 Å². The van der Waals surface area contributed by atoms with E-state index >= 15 is 0 Å². The molecule has 2 amide bonds. The lowest BCUT2D eigenvalue weighted by Crippen LogP contribution is -2.41. The number of hydrogen-bond acceptors (Lipinski definition) is 3. The summed E-state index contributed by atoms with van der Waals surface area (Å²) >= 11 is 0. The van der Waals surface area contributed by atoms with Crippen LogP contribution in [0.4, 0.5) is 5.69 Å². The first-order chi connectivity index (χ1) is 12.6. The molecule has 0 saturated carbocycles. The van der Waals surface area contributed by atoms with E-state index in [2.05, 4.69) is 16.9 Å². The number of carbonyl (C=O) groups is 2. The van der Waals surface area contributed by atoms with E-state index in [1.165, 1.54) is 4.90 Å². The van der Waals surface area contributed by atoms with Gasteiger partial charge in [-0.15, -0.1) is 0 Å². The molecule has 1 atom stereocenters. The normalized spacial score (nSPS) is 14.4. The summed E-state index contributed by atoms with van der Waals surface area (Å²) in [5, 5.41) is 3.78. The van der Waals surface area contributed by atoms with Crippen molar-refractivity contribution in [1.82, 2.24) is 9.88 Å². The van der Waals surface area contributed by atoms with Gasteiger partial charge in [0.1, 0.15) is 6.04 Å². The van der Waals surface area contributed by atoms with Gasteiger partial charge in [-0.25, -0.2) is 0 Å². The number of para-hydroxylation sites is 1. The van der Waals surface area contributed by atoms with Crippen LogP contribution < -0.4 is 5.32 Å². The van der Waals surface area contributed by atoms with E-state index < -0.39 is 6.04 Å². The van der Waals surface area contributed by atoms with E-state index in [1.54, 1.807) is 25.3 Å². The largest absolute Gasteiger partial charge is 0.323 e. The van der Waals surface area contributed by atoms with E-state index in [9.17, 15) is 9.59 Å². The van der Waals surface area contributed by atoms with E-state index in [4.69, 9.17) is 0 Å². The Kier molecular flexibility index (Phi) is 3.77. The van der Waals surface area contributed by atoms with Crippen LogP contribution in [0, 0.1) is 0 Å². The molecule has 128 valence electrons. The van der Waals surface area contributed by atoms with Gasteiger partial charge in [-0.05, 0) is 25.1 Å². The quantitative estimate of drug-likeness (QED) is 0.789. The second-order valence-electron chi connectivity index (χ2n) is 6.25. The summed E-state index contributed by atoms with van der Waals surface area (Å²) in [7, 11) is 0. The number of hydrogen-bond donors (Lipinski definition) is 1. The Labute approximate surface area is 151 Å². The number of carbonyl (C=O) groups excluding carboxylic acids is 2. The van der Waals surface area contributed by atoms with Gasteiger partial charge in [-0.2, -0.15) is 0 Å². The lowest BCUT2D eigenvalue weighted by molar-refractivity contribution is -0.119. The maximum absolute atomic E-state index is 12.7. The Bertz CT molecular complexity index is 1020. The molecule has 5 nitrogen and oxygen atoms in total. The minimum absolute atomic E-state index is 0.204. The van der Waals surface area contributed by atoms with Crippen LogP contribution in [-0.2, 0) is 4.79 Å². The third-order valence-corrected chi connectivity index (χ3v) is 4.60. The summed E-state index contributed by atoms with van der Waals surface area (Å²) in [4.78, 5) is 31.1. The highest BCUT2D eigenvalue weighted by atomic mass is 16.2. The smallest absolute Gasteiger partial charge is 0.259 e. The molecule has 0 unspecified atom stereocenters. The first kappa shape index (κ1) is 16.0. The van der Waals surface area contributed by atoms with Crippen LogP contribution in [0.2, 0.25) is 0 Å². The SMILES string of the molecule is C=C1c2ccccc2C(=O)N1[C@@H](C)C(=O)Nc1cnc2ccccc2c1. The third kappa shape index (κ3) is 2.54. The highest BCUT2D eigenvalue weighted by Gasteiger charge is 2.36. The minimum Gasteiger partial charge on any atom is -0.323 e. The van der Waals surface area contributed by atoms with Gasteiger partial charge in [-0.1, -0.05) is 43.0 Å². The number of fused-ring (bicyclic) bond motifs is 2. The van der Waals surface area contributed by atoms with Gasteiger partial charge < -0.3 is 5.32 Å². The molecule has 3 aromatic rings. The summed E-state index contributed by atoms with van der Waals surface area (Å²) in [6, 6.07) is 16.1. The number of anilines is 1. The number of aromatic nitrogens is 1. The van der Waals surface area contributed by atoms with Crippen molar-refractivity contribution < 1.29 is 9.59 Å². The van der Waals surface area contributed by atoms with Crippen molar-refractivity contribution in [3.63, 3.8) is 0 Å². The van der Waals surface area contributed by atoms with Crippen molar-refractivity contribution >= 4 is 34.1 Å². The van der Waals surface area contributed by atoms with E-state index in [0.29, 0.717) is 16.9 Å². The fourth-order valence-electron chi connectivity index (χ4n) is 3.22. The van der Waals surface area contributed by atoms with Gasteiger partial charge in [0.2, 0.25) is 5.91 Å². The minimum atomic E-state index is -0.686. The van der Waals surface area contributed by atoms with Crippen molar-refractivity contribution in [1.29, 1.82) is 0 Å². The van der Waals surface area contributed by atoms with Crippen molar-refractivity contribution in [2.45, 2.75) is 13.0 Å². The van der Waals surface area contributed by atoms with Gasteiger partial charge in [0, 0.05) is 22.2 Å². The molecule has 1 aromatic heterocycles. The molecule has 2 aromatic carbocycles. The second-order valence-corrected chi connectivity index (χ2v) is 6.25. The Morgan fingerprint density at radius 3 is 2.58 bits per heavy atom. The maximum Gasteiger partial charge on any atom is 0.259 e. The summed E-state index contributed by atoms with van der Waals surface area (Å²) < 4.78 is 0. The Balaban J connectivity index is 1.56. The van der Waals surface area contributed by atoms with E-state index in [1.807, 2.05) is 42.5 Å². The van der Waals surface area contributed by atoms with Crippen LogP contribution in [-0.4, -0.2) is 27.7 Å². The zero-order valence-corrected chi connectivity index (χ0v) is 14.3. The highest BCUT2D eigenvalue weighted by molar-refractivity contribution is 6.12. The molecule has 0 fully saturated rings. The van der Waals surface area contributed by atoms with Crippen LogP contribution in [0.3, 0.4) is 0 Å². The topological polar surface area (TPSA) is 62.3 Å². The molecule has 26 heavy (non-hydrogen) atoms. The number of amides is 2. The van der Waals surface area contributed by atoms with Crippen LogP contribution in [0.15, 0.2) is 67.4 Å². The summed E-state index contributed by atoms with van der Waals surface area (Å²) in [6.07, 6.45) is 1.61. The number of pyridine rings is 1. The number of nitrogens with zero attached hydrogens (tertiary/aromatic N) is 2. The first-order valence-corrected chi connectivity index (χ1v) is 8.34. The molecular formula is C21H17N3O2. The molecule has 0 aliphatic carbocycles. The first-order valence-electron chi connectivity index (χ1n) is 8.34. The van der Waals surface area contributed by atoms with Crippen molar-refractivity contribution in [3.8, 4) is 0 Å². The molecule has 1 aliphatic rings. The number of rotatable bonds is 3. The monoisotopic (exact) mass is 343 g/mol. The van der Waals surface area contributed by atoms with Gasteiger partial charge >= 0.3 is 0 Å². The summed E-state index contributed by atoms with van der Waals surface area (Å²) in [6.45, 7) is 5.68. The average Bonchev–Trinajstić information content (AvgIpc) is 2.92. The van der Waals surface area contributed by atoms with Crippen LogP contribution in [0.25, 0.3) is 16.6 Å². The van der Waals surface area contributed by atoms with Crippen LogP contribution >= 0.6 is 0 Å². The lowest BCUT2D eigenvalue weighted by atomic mass is 10.1. The molecule has 5 heteroatoms. The molecule has 1 N–H and O–H groups in total. The van der Waals surface area contributed by atoms with Gasteiger partial charge in [-0.3, -0.25) is 19.5 Å². The zero-order chi connectivity index (χ0) is 18.3. The molecule has 2 heterocycles. The second kappa shape index (κ2) is 6.11. The highest BCUT2D eigenvalue weighted by Crippen LogP contribution is 2.33. The molecule has 0 spiro atoms. The van der Waals surface area contributed by atoms with Crippen LogP contribution in [0.5, 0.6) is 0 Å². The van der Waals surface area contributed by atoms with Crippen molar-refractivity contribution in [2.24, 2.45) is 0 Å². The maximum atomic E-state index is 12.7. The fourth-order valence-corrected chi connectivity index (χ4v) is 3.22. The molecule has 4 rings (SSSR count). The van der Waals surface area contributed by atoms with Crippen LogP contribution in [0.1, 0.15) is 22.8 Å². The van der Waals surface area contributed by atoms with Crippen molar-refractivity contribution in [2.75, 3.05) is 5.32 Å². The predicted octanol–water partition coefficient (Wildman–Crippen LogP) is 3.69. The number of benzene rings is 2. The standard InChI is InChI=1S/C21H17N3O2/c1-13-17-8-4-5-9-18(17)21(26)24(13)14(2)20(25)23-16-11-15-7-3-6-10-19(15)22-12-16/h3-12,14H,1H2,2H3,(H,23,25)/t14-/m0/s1. The predicted molar refractivity (Wildman–Crippen MR) is 101 cm³/mol. The molecular weight excluding hydrogens is 326 g/mol. The number of nitrogens with one attached hydrogen (secondary N) is 1. The molecule has 0 radical (unpaired) electrons. The fraction of sp³-hybridized carbons (Fsp3) is 0.0952. The molecule has 0 saturated heterocycles. The average molecular weight is 343 g/mol. The summed E-state index contributed by atoms with van der Waals surface area (Å²) in [5.74, 6) is -0.491. The zero-order valence-electron chi connectivity index (χ0n) is 14.3.